The van der Waals surface area contributed by atoms with Crippen LogP contribution >= 0.6 is 0 Å². The minimum absolute atomic E-state index is 0.0443. The van der Waals surface area contributed by atoms with Gasteiger partial charge in [0.15, 0.2) is 11.6 Å². The van der Waals surface area contributed by atoms with Crippen LogP contribution in [0.5, 0.6) is 11.5 Å². The number of anilines is 2. The third-order valence-corrected chi connectivity index (χ3v) is 9.21. The Bertz CT molecular complexity index is 1620. The third-order valence-electron chi connectivity index (χ3n) is 8.62. The fourth-order valence-corrected chi connectivity index (χ4v) is 6.53. The van der Waals surface area contributed by atoms with Crippen molar-refractivity contribution in [1.29, 1.82) is 0 Å². The number of benzene rings is 3. The number of amides is 1. The number of hydrogen-bond acceptors (Lipinski definition) is 9. The molecule has 0 radical (unpaired) electrons. The monoisotopic (exact) mass is 700 g/mol. The molecule has 49 heavy (non-hydrogen) atoms. The topological polar surface area (TPSA) is 160 Å². The molecule has 4 rings (SSSR count). The van der Waals surface area contributed by atoms with E-state index < -0.39 is 33.8 Å². The van der Waals surface area contributed by atoms with Crippen molar-refractivity contribution < 1.29 is 37.7 Å². The van der Waals surface area contributed by atoms with Crippen LogP contribution in [0.2, 0.25) is 0 Å². The van der Waals surface area contributed by atoms with Gasteiger partial charge in [-0.1, -0.05) is 68.5 Å². The van der Waals surface area contributed by atoms with Crippen molar-refractivity contribution in [1.82, 2.24) is 10.2 Å². The number of phenols is 2. The minimum atomic E-state index is -3.54. The van der Waals surface area contributed by atoms with Gasteiger partial charge in [-0.3, -0.25) is 10.0 Å². The Kier molecular flexibility index (Phi) is 14.5. The number of aliphatic hydroxyl groups excluding tert-OH is 1. The molecule has 1 heterocycles. The molecule has 0 spiro atoms. The first-order valence-electron chi connectivity index (χ1n) is 17.0. The van der Waals surface area contributed by atoms with E-state index in [4.69, 9.17) is 4.74 Å². The molecule has 3 aromatic carbocycles. The van der Waals surface area contributed by atoms with Gasteiger partial charge in [0, 0.05) is 30.8 Å². The van der Waals surface area contributed by atoms with Crippen LogP contribution in [-0.2, 0) is 14.8 Å². The molecule has 1 saturated heterocycles. The first-order chi connectivity index (χ1) is 23.5. The summed E-state index contributed by atoms with van der Waals surface area (Å²) in [5.41, 5.74) is 1.80. The van der Waals surface area contributed by atoms with E-state index in [1.165, 1.54) is 43.5 Å². The summed E-state index contributed by atoms with van der Waals surface area (Å²) in [7, 11) is -3.54. The van der Waals surface area contributed by atoms with E-state index in [-0.39, 0.29) is 17.5 Å². The fourth-order valence-electron chi connectivity index (χ4n) is 5.97. The van der Waals surface area contributed by atoms with Crippen LogP contribution < -0.4 is 15.4 Å². The molecule has 1 fully saturated rings. The van der Waals surface area contributed by atoms with E-state index >= 15 is 0 Å². The Labute approximate surface area is 288 Å². The molecule has 0 unspecified atom stereocenters. The largest absolute Gasteiger partial charge is 0.506 e. The molecule has 1 atom stereocenters. The summed E-state index contributed by atoms with van der Waals surface area (Å²) in [5, 5.41) is 36.5. The molecule has 0 aliphatic carbocycles. The van der Waals surface area contributed by atoms with Crippen molar-refractivity contribution in [2.75, 3.05) is 49.0 Å². The number of sulfonamides is 1. The van der Waals surface area contributed by atoms with Crippen molar-refractivity contribution in [3.8, 4) is 22.6 Å². The predicted molar refractivity (Wildman–Crippen MR) is 190 cm³/mol. The van der Waals surface area contributed by atoms with Gasteiger partial charge in [-0.25, -0.2) is 17.6 Å². The lowest BCUT2D eigenvalue weighted by atomic mass is 10.0. The van der Waals surface area contributed by atoms with Gasteiger partial charge in [0.05, 0.1) is 23.7 Å². The molecule has 0 bridgehead atoms. The highest BCUT2D eigenvalue weighted by Gasteiger charge is 2.23. The van der Waals surface area contributed by atoms with E-state index in [1.807, 2.05) is 0 Å². The van der Waals surface area contributed by atoms with Crippen molar-refractivity contribution in [2.24, 2.45) is 0 Å². The molecular weight excluding hydrogens is 651 g/mol. The first-order valence-corrected chi connectivity index (χ1v) is 18.9. The van der Waals surface area contributed by atoms with E-state index in [2.05, 4.69) is 20.3 Å². The van der Waals surface area contributed by atoms with Crippen LogP contribution in [0.4, 0.5) is 20.6 Å². The number of para-hydroxylation sites is 2. The Morgan fingerprint density at radius 2 is 1.59 bits per heavy atom. The fraction of sp³-hybridized carbons (Fsp3) is 0.472. The summed E-state index contributed by atoms with van der Waals surface area (Å²) >= 11 is 0. The number of ether oxygens (including phenoxy) is 1. The number of piperidine rings is 1. The highest BCUT2D eigenvalue weighted by molar-refractivity contribution is 7.92. The number of aromatic hydroxyl groups is 2. The smallest absolute Gasteiger partial charge is 0.411 e. The number of likely N-dealkylation sites (tertiary alicyclic amines) is 1. The highest BCUT2D eigenvalue weighted by atomic mass is 32.2. The molecule has 3 aromatic rings. The Morgan fingerprint density at radius 3 is 2.33 bits per heavy atom. The average molecular weight is 701 g/mol. The zero-order chi connectivity index (χ0) is 35.2. The van der Waals surface area contributed by atoms with Crippen LogP contribution in [0, 0.1) is 5.82 Å². The van der Waals surface area contributed by atoms with Gasteiger partial charge in [0.25, 0.3) is 0 Å². The summed E-state index contributed by atoms with van der Waals surface area (Å²) in [6.45, 7) is 3.89. The normalized spacial score (nSPS) is 14.8. The SMILES string of the molecule is CS(=O)(=O)Nc1cc([C@@H](O)CNCCCCCCCCCN2CCC(OC(=O)Nc3ccccc3-c3cccc(F)c3O)CC2)ccc1O. The minimum Gasteiger partial charge on any atom is -0.506 e. The van der Waals surface area contributed by atoms with Gasteiger partial charge in [-0.15, -0.1) is 0 Å². The zero-order valence-corrected chi connectivity index (χ0v) is 28.9. The second-order valence-electron chi connectivity index (χ2n) is 12.6. The predicted octanol–water partition coefficient (Wildman–Crippen LogP) is 6.34. The lowest BCUT2D eigenvalue weighted by Gasteiger charge is -2.31. The van der Waals surface area contributed by atoms with Gasteiger partial charge in [-0.05, 0) is 68.6 Å². The summed E-state index contributed by atoms with van der Waals surface area (Å²) in [6, 6.07) is 15.6. The summed E-state index contributed by atoms with van der Waals surface area (Å²) in [5.74, 6) is -1.39. The molecule has 13 heteroatoms. The maximum absolute atomic E-state index is 13.9. The first kappa shape index (κ1) is 37.9. The lowest BCUT2D eigenvalue weighted by Crippen LogP contribution is -2.38. The highest BCUT2D eigenvalue weighted by Crippen LogP contribution is 2.36. The van der Waals surface area contributed by atoms with E-state index in [0.29, 0.717) is 28.9 Å². The van der Waals surface area contributed by atoms with E-state index in [1.54, 1.807) is 36.4 Å². The summed E-state index contributed by atoms with van der Waals surface area (Å²) in [6.07, 6.45) is 8.90. The van der Waals surface area contributed by atoms with Crippen LogP contribution in [0.1, 0.15) is 69.5 Å². The molecule has 11 nitrogen and oxygen atoms in total. The zero-order valence-electron chi connectivity index (χ0n) is 28.0. The number of aliphatic hydroxyl groups is 1. The standard InChI is InChI=1S/C36H49FN4O7S/c1-49(46,47)40-32-24-26(16-17-33(32)42)34(43)25-38-20-9-5-3-2-4-6-10-21-41-22-18-27(19-23-41)48-36(45)39-31-15-8-7-12-28(31)29-13-11-14-30(37)35(29)44/h7-8,11-17,24,27,34,38,40,42-44H,2-6,9-10,18-23,25H2,1H3,(H,39,45)/t34-/m0/s1. The van der Waals surface area contributed by atoms with Gasteiger partial charge in [0.1, 0.15) is 11.9 Å². The maximum atomic E-state index is 13.9. The molecule has 1 aliphatic rings. The van der Waals surface area contributed by atoms with Crippen LogP contribution in [-0.4, -0.2) is 79.8 Å². The van der Waals surface area contributed by atoms with Gasteiger partial charge >= 0.3 is 6.09 Å². The second-order valence-corrected chi connectivity index (χ2v) is 14.3. The quantitative estimate of drug-likeness (QED) is 0.0657. The summed E-state index contributed by atoms with van der Waals surface area (Å²) < 4.78 is 44.8. The molecule has 268 valence electrons. The Morgan fingerprint density at radius 1 is 0.918 bits per heavy atom. The molecule has 0 aromatic heterocycles. The van der Waals surface area contributed by atoms with Gasteiger partial charge in [0.2, 0.25) is 10.0 Å². The van der Waals surface area contributed by atoms with E-state index in [9.17, 15) is 32.9 Å². The number of nitrogens with one attached hydrogen (secondary N) is 3. The third kappa shape index (κ3) is 12.5. The number of nitrogens with zero attached hydrogens (tertiary/aromatic N) is 1. The molecule has 1 amide bonds. The summed E-state index contributed by atoms with van der Waals surface area (Å²) in [4.78, 5) is 15.1. The van der Waals surface area contributed by atoms with E-state index in [0.717, 1.165) is 71.0 Å². The number of carbonyl (C=O) groups excluding carboxylic acids is 1. The maximum Gasteiger partial charge on any atom is 0.411 e. The number of hydrogen-bond donors (Lipinski definition) is 6. The van der Waals surface area contributed by atoms with Crippen LogP contribution in [0.3, 0.4) is 0 Å². The van der Waals surface area contributed by atoms with Crippen molar-refractivity contribution in [2.45, 2.75) is 70.0 Å². The molecule has 1 aliphatic heterocycles. The van der Waals surface area contributed by atoms with Gasteiger partial charge < -0.3 is 30.3 Å². The van der Waals surface area contributed by atoms with Crippen LogP contribution in [0.25, 0.3) is 11.1 Å². The van der Waals surface area contributed by atoms with Crippen molar-refractivity contribution in [3.63, 3.8) is 0 Å². The Balaban J connectivity index is 1.01. The number of phenolic OH excluding ortho intramolecular Hbond substituents is 2. The Hall–Kier alpha value is -3.91. The number of carbonyl (C=O) groups is 1. The average Bonchev–Trinajstić information content (AvgIpc) is 3.06. The van der Waals surface area contributed by atoms with Gasteiger partial charge in [-0.2, -0.15) is 0 Å². The van der Waals surface area contributed by atoms with Crippen molar-refractivity contribution >= 4 is 27.5 Å². The number of unbranched alkanes of at least 4 members (excludes halogenated alkanes) is 6. The van der Waals surface area contributed by atoms with Crippen molar-refractivity contribution in [3.05, 3.63) is 72.0 Å². The second kappa shape index (κ2) is 18.7. The molecular formula is C36H49FN4O7S. The van der Waals surface area contributed by atoms with Crippen LogP contribution in [0.15, 0.2) is 60.7 Å². The number of rotatable bonds is 18. The molecule has 0 saturated carbocycles. The molecule has 6 N–H and O–H groups in total. The number of halogens is 1. The lowest BCUT2D eigenvalue weighted by molar-refractivity contribution is 0.0584.